The number of rotatable bonds is 2. The number of pyridine rings is 1. The molecule has 0 unspecified atom stereocenters. The van der Waals surface area contributed by atoms with E-state index in [4.69, 9.17) is 10.8 Å². The maximum absolute atomic E-state index is 10.7. The molecule has 1 saturated heterocycles. The first-order valence-corrected chi connectivity index (χ1v) is 5.61. The average Bonchev–Trinajstić information content (AvgIpc) is 2.33. The van der Waals surface area contributed by atoms with Gasteiger partial charge in [0.15, 0.2) is 0 Å². The molecule has 2 heterocycles. The topological polar surface area (TPSA) is 91.5 Å². The maximum Gasteiger partial charge on any atom is 0.407 e. The number of carbonyl (C=O) groups is 1. The monoisotopic (exact) mass is 236 g/mol. The van der Waals surface area contributed by atoms with E-state index < -0.39 is 6.09 Å². The quantitative estimate of drug-likeness (QED) is 0.718. The van der Waals surface area contributed by atoms with Crippen molar-refractivity contribution in [2.24, 2.45) is 0 Å². The third kappa shape index (κ3) is 2.77. The van der Waals surface area contributed by atoms with Crippen LogP contribution in [-0.2, 0) is 0 Å². The molecule has 1 fully saturated rings. The number of nitrogens with two attached hydrogens (primary N) is 1. The van der Waals surface area contributed by atoms with Gasteiger partial charge in [0, 0.05) is 25.3 Å². The first kappa shape index (κ1) is 11.5. The first-order chi connectivity index (χ1) is 8.16. The van der Waals surface area contributed by atoms with E-state index in [1.807, 2.05) is 12.1 Å². The second kappa shape index (κ2) is 4.90. The van der Waals surface area contributed by atoms with Crippen LogP contribution in [0.3, 0.4) is 0 Å². The summed E-state index contributed by atoms with van der Waals surface area (Å²) in [5.74, 6) is 0.480. The maximum atomic E-state index is 10.7. The van der Waals surface area contributed by atoms with Crippen LogP contribution in [0.4, 0.5) is 16.3 Å². The Balaban J connectivity index is 1.90. The summed E-state index contributed by atoms with van der Waals surface area (Å²) in [5.41, 5.74) is 6.56. The van der Waals surface area contributed by atoms with E-state index in [0.717, 1.165) is 18.5 Å². The molecule has 1 aromatic rings. The fourth-order valence-corrected chi connectivity index (χ4v) is 1.97. The van der Waals surface area contributed by atoms with Crippen LogP contribution in [0.1, 0.15) is 12.8 Å². The van der Waals surface area contributed by atoms with Crippen molar-refractivity contribution in [3.63, 3.8) is 0 Å². The van der Waals surface area contributed by atoms with E-state index in [-0.39, 0.29) is 6.04 Å². The number of hydrogen-bond acceptors (Lipinski definition) is 4. The number of carboxylic acid groups (broad SMARTS) is 1. The zero-order valence-corrected chi connectivity index (χ0v) is 9.47. The third-order valence-electron chi connectivity index (χ3n) is 2.96. The molecule has 0 aromatic carbocycles. The third-order valence-corrected chi connectivity index (χ3v) is 2.96. The summed E-state index contributed by atoms with van der Waals surface area (Å²) in [6.07, 6.45) is 2.39. The molecule has 0 saturated carbocycles. The highest BCUT2D eigenvalue weighted by Gasteiger charge is 2.22. The van der Waals surface area contributed by atoms with Gasteiger partial charge >= 0.3 is 6.09 Å². The average molecular weight is 236 g/mol. The van der Waals surface area contributed by atoms with Gasteiger partial charge in [0.2, 0.25) is 0 Å². The van der Waals surface area contributed by atoms with Gasteiger partial charge in [0.25, 0.3) is 0 Å². The van der Waals surface area contributed by atoms with Crippen LogP contribution in [0.15, 0.2) is 18.3 Å². The number of nitrogens with zero attached hydrogens (tertiary/aromatic N) is 2. The summed E-state index contributed by atoms with van der Waals surface area (Å²) in [4.78, 5) is 16.2. The van der Waals surface area contributed by atoms with Crippen LogP contribution in [-0.4, -0.2) is 40.2 Å². The predicted octanol–water partition coefficient (Wildman–Crippen LogP) is 1.22. The van der Waals surface area contributed by atoms with Gasteiger partial charge in [-0.15, -0.1) is 0 Å². The predicted molar refractivity (Wildman–Crippen MR) is 64.9 cm³/mol. The molecule has 17 heavy (non-hydrogen) atoms. The molecule has 0 spiro atoms. The number of amides is 1. The van der Waals surface area contributed by atoms with Crippen LogP contribution < -0.4 is 11.1 Å². The van der Waals surface area contributed by atoms with Crippen molar-refractivity contribution >= 4 is 17.6 Å². The fraction of sp³-hybridized carbons (Fsp3) is 0.455. The van der Waals surface area contributed by atoms with Crippen molar-refractivity contribution in [3.05, 3.63) is 18.3 Å². The minimum atomic E-state index is -0.843. The van der Waals surface area contributed by atoms with Crippen LogP contribution in [0.25, 0.3) is 0 Å². The largest absolute Gasteiger partial charge is 0.465 e. The molecule has 0 radical (unpaired) electrons. The summed E-state index contributed by atoms with van der Waals surface area (Å²) in [6, 6.07) is 3.97. The van der Waals surface area contributed by atoms with Crippen LogP contribution >= 0.6 is 0 Å². The number of hydrogen-bond donors (Lipinski definition) is 3. The number of piperidine rings is 1. The smallest absolute Gasteiger partial charge is 0.407 e. The fourth-order valence-electron chi connectivity index (χ4n) is 1.97. The zero-order valence-electron chi connectivity index (χ0n) is 9.47. The molecule has 4 N–H and O–H groups in total. The van der Waals surface area contributed by atoms with Crippen molar-refractivity contribution in [2.75, 3.05) is 24.1 Å². The minimum absolute atomic E-state index is 0.261. The van der Waals surface area contributed by atoms with Crippen LogP contribution in [0.2, 0.25) is 0 Å². The number of likely N-dealkylation sites (tertiary alicyclic amines) is 1. The molecule has 1 aromatic heterocycles. The Morgan fingerprint density at radius 1 is 1.53 bits per heavy atom. The molecule has 1 amide bonds. The minimum Gasteiger partial charge on any atom is -0.465 e. The van der Waals surface area contributed by atoms with Gasteiger partial charge in [-0.1, -0.05) is 0 Å². The Morgan fingerprint density at radius 3 is 2.82 bits per heavy atom. The van der Waals surface area contributed by atoms with Crippen molar-refractivity contribution in [3.8, 4) is 0 Å². The summed E-state index contributed by atoms with van der Waals surface area (Å²) in [7, 11) is 0. The molecule has 92 valence electrons. The molecule has 0 atom stereocenters. The Kier molecular flexibility index (Phi) is 3.32. The first-order valence-electron chi connectivity index (χ1n) is 5.61. The van der Waals surface area contributed by atoms with Crippen molar-refractivity contribution < 1.29 is 9.90 Å². The molecule has 1 aliphatic heterocycles. The number of aromatic nitrogens is 1. The summed E-state index contributed by atoms with van der Waals surface area (Å²) >= 11 is 0. The second-order valence-electron chi connectivity index (χ2n) is 4.12. The highest BCUT2D eigenvalue weighted by molar-refractivity contribution is 5.65. The molecule has 0 aliphatic carbocycles. The van der Waals surface area contributed by atoms with Gasteiger partial charge in [-0.2, -0.15) is 0 Å². The summed E-state index contributed by atoms with van der Waals surface area (Å²) in [5, 5.41) is 12.1. The van der Waals surface area contributed by atoms with Crippen molar-refractivity contribution in [1.82, 2.24) is 9.88 Å². The van der Waals surface area contributed by atoms with Gasteiger partial charge in [-0.3, -0.25) is 0 Å². The molecular weight excluding hydrogens is 220 g/mol. The Morgan fingerprint density at radius 2 is 2.24 bits per heavy atom. The molecule has 1 aliphatic rings. The van der Waals surface area contributed by atoms with E-state index >= 15 is 0 Å². The van der Waals surface area contributed by atoms with Crippen LogP contribution in [0, 0.1) is 0 Å². The van der Waals surface area contributed by atoms with E-state index in [2.05, 4.69) is 10.3 Å². The van der Waals surface area contributed by atoms with Crippen molar-refractivity contribution in [2.45, 2.75) is 18.9 Å². The normalized spacial score (nSPS) is 16.8. The lowest BCUT2D eigenvalue weighted by Gasteiger charge is -2.31. The van der Waals surface area contributed by atoms with Gasteiger partial charge < -0.3 is 21.1 Å². The highest BCUT2D eigenvalue weighted by Crippen LogP contribution is 2.19. The van der Waals surface area contributed by atoms with E-state index in [1.54, 1.807) is 6.20 Å². The Bertz CT molecular complexity index is 402. The van der Waals surface area contributed by atoms with Gasteiger partial charge in [-0.05, 0) is 25.0 Å². The number of anilines is 2. The molecule has 6 nitrogen and oxygen atoms in total. The second-order valence-corrected chi connectivity index (χ2v) is 4.12. The zero-order chi connectivity index (χ0) is 12.3. The summed E-state index contributed by atoms with van der Waals surface area (Å²) in [6.45, 7) is 1.13. The number of nitrogens with one attached hydrogen (secondary N) is 1. The molecule has 2 rings (SSSR count). The SMILES string of the molecule is Nc1ncccc1NC1CCN(C(=O)O)CC1. The van der Waals surface area contributed by atoms with Gasteiger partial charge in [0.1, 0.15) is 5.82 Å². The van der Waals surface area contributed by atoms with Gasteiger partial charge in [0.05, 0.1) is 5.69 Å². The number of nitrogen functional groups attached to an aromatic ring is 1. The van der Waals surface area contributed by atoms with E-state index in [9.17, 15) is 4.79 Å². The van der Waals surface area contributed by atoms with E-state index in [1.165, 1.54) is 4.90 Å². The lowest BCUT2D eigenvalue weighted by molar-refractivity contribution is 0.134. The highest BCUT2D eigenvalue weighted by atomic mass is 16.4. The lowest BCUT2D eigenvalue weighted by atomic mass is 10.1. The van der Waals surface area contributed by atoms with Gasteiger partial charge in [-0.25, -0.2) is 9.78 Å². The molecular formula is C11H16N4O2. The molecule has 6 heteroatoms. The Hall–Kier alpha value is -1.98. The van der Waals surface area contributed by atoms with E-state index in [0.29, 0.717) is 18.9 Å². The standard InChI is InChI=1S/C11H16N4O2/c12-10-9(2-1-5-13-10)14-8-3-6-15(7-4-8)11(16)17/h1-2,5,8,14H,3-4,6-7H2,(H2,12,13)(H,16,17). The van der Waals surface area contributed by atoms with Crippen molar-refractivity contribution in [1.29, 1.82) is 0 Å². The van der Waals surface area contributed by atoms with Crippen LogP contribution in [0.5, 0.6) is 0 Å². The Labute approximate surface area is 99.4 Å². The lowest BCUT2D eigenvalue weighted by Crippen LogP contribution is -2.41. The molecule has 0 bridgehead atoms. The summed E-state index contributed by atoms with van der Waals surface area (Å²) < 4.78 is 0.